The number of hydrogen-bond donors (Lipinski definition) is 0. The molecule has 6 nitrogen and oxygen atoms in total. The highest BCUT2D eigenvalue weighted by Gasteiger charge is 2.28. The van der Waals surface area contributed by atoms with Gasteiger partial charge in [0, 0.05) is 24.6 Å². The molecular formula is C21H21N3O3. The quantitative estimate of drug-likeness (QED) is 0.706. The molecule has 1 aliphatic rings. The Morgan fingerprint density at radius 3 is 2.52 bits per heavy atom. The average Bonchev–Trinajstić information content (AvgIpc) is 3.24. The minimum atomic E-state index is 0.00369. The van der Waals surface area contributed by atoms with E-state index in [-0.39, 0.29) is 11.8 Å². The number of carbonyl (C=O) groups excluding carboxylic acids is 1. The van der Waals surface area contributed by atoms with E-state index in [2.05, 4.69) is 10.1 Å². The van der Waals surface area contributed by atoms with Gasteiger partial charge in [0.05, 0.1) is 12.7 Å². The van der Waals surface area contributed by atoms with Crippen molar-refractivity contribution in [1.82, 2.24) is 15.0 Å². The van der Waals surface area contributed by atoms with Gasteiger partial charge in [0.25, 0.3) is 11.8 Å². The van der Waals surface area contributed by atoms with Crippen molar-refractivity contribution in [2.75, 3.05) is 20.2 Å². The molecule has 1 fully saturated rings. The van der Waals surface area contributed by atoms with Crippen LogP contribution in [0.2, 0.25) is 0 Å². The summed E-state index contributed by atoms with van der Waals surface area (Å²) in [6.45, 7) is 1.33. The van der Waals surface area contributed by atoms with Crippen molar-refractivity contribution in [3.05, 3.63) is 66.0 Å². The second kappa shape index (κ2) is 7.61. The SMILES string of the molecule is COc1ccccc1C(=O)N1CCC(c2noc(-c3ccccc3)n2)CC1. The third-order valence-corrected chi connectivity index (χ3v) is 4.95. The van der Waals surface area contributed by atoms with Crippen LogP contribution in [0.25, 0.3) is 11.5 Å². The summed E-state index contributed by atoms with van der Waals surface area (Å²) in [4.78, 5) is 19.2. The molecule has 138 valence electrons. The molecule has 2 heterocycles. The van der Waals surface area contributed by atoms with Gasteiger partial charge in [-0.25, -0.2) is 0 Å². The number of nitrogens with zero attached hydrogens (tertiary/aromatic N) is 3. The summed E-state index contributed by atoms with van der Waals surface area (Å²) in [5.41, 5.74) is 1.52. The first-order valence-electron chi connectivity index (χ1n) is 9.07. The van der Waals surface area contributed by atoms with Gasteiger partial charge in [-0.2, -0.15) is 4.98 Å². The van der Waals surface area contributed by atoms with Crippen LogP contribution in [0.5, 0.6) is 5.75 Å². The highest BCUT2D eigenvalue weighted by atomic mass is 16.5. The molecular weight excluding hydrogens is 342 g/mol. The zero-order valence-corrected chi connectivity index (χ0v) is 15.2. The van der Waals surface area contributed by atoms with Crippen LogP contribution in [0.1, 0.15) is 34.9 Å². The number of likely N-dealkylation sites (tertiary alicyclic amines) is 1. The molecule has 6 heteroatoms. The summed E-state index contributed by atoms with van der Waals surface area (Å²) < 4.78 is 10.7. The van der Waals surface area contributed by atoms with E-state index in [1.54, 1.807) is 13.2 Å². The smallest absolute Gasteiger partial charge is 0.257 e. The third-order valence-electron chi connectivity index (χ3n) is 4.95. The van der Waals surface area contributed by atoms with Crippen molar-refractivity contribution in [2.24, 2.45) is 0 Å². The molecule has 1 aromatic heterocycles. The van der Waals surface area contributed by atoms with Gasteiger partial charge in [0.2, 0.25) is 0 Å². The normalized spacial score (nSPS) is 14.9. The van der Waals surface area contributed by atoms with E-state index in [0.29, 0.717) is 30.3 Å². The van der Waals surface area contributed by atoms with Crippen molar-refractivity contribution in [3.63, 3.8) is 0 Å². The molecule has 0 N–H and O–H groups in total. The number of piperidine rings is 1. The van der Waals surface area contributed by atoms with Crippen LogP contribution in [0, 0.1) is 0 Å². The number of carbonyl (C=O) groups is 1. The predicted molar refractivity (Wildman–Crippen MR) is 101 cm³/mol. The van der Waals surface area contributed by atoms with Gasteiger partial charge in [0.15, 0.2) is 5.82 Å². The van der Waals surface area contributed by atoms with Crippen LogP contribution in [-0.2, 0) is 0 Å². The molecule has 0 saturated carbocycles. The lowest BCUT2D eigenvalue weighted by Gasteiger charge is -2.31. The van der Waals surface area contributed by atoms with Crippen LogP contribution in [0.15, 0.2) is 59.1 Å². The van der Waals surface area contributed by atoms with Crippen LogP contribution < -0.4 is 4.74 Å². The molecule has 0 spiro atoms. The van der Waals surface area contributed by atoms with E-state index in [9.17, 15) is 4.79 Å². The van der Waals surface area contributed by atoms with Crippen molar-refractivity contribution >= 4 is 5.91 Å². The Balaban J connectivity index is 1.42. The fourth-order valence-corrected chi connectivity index (χ4v) is 3.43. The second-order valence-corrected chi connectivity index (χ2v) is 6.59. The number of rotatable bonds is 4. The van der Waals surface area contributed by atoms with Crippen molar-refractivity contribution in [1.29, 1.82) is 0 Å². The maximum atomic E-state index is 12.8. The first-order valence-corrected chi connectivity index (χ1v) is 9.07. The summed E-state index contributed by atoms with van der Waals surface area (Å²) in [5.74, 6) is 2.07. The minimum absolute atomic E-state index is 0.00369. The summed E-state index contributed by atoms with van der Waals surface area (Å²) in [7, 11) is 1.58. The second-order valence-electron chi connectivity index (χ2n) is 6.59. The molecule has 1 saturated heterocycles. The monoisotopic (exact) mass is 363 g/mol. The van der Waals surface area contributed by atoms with Gasteiger partial charge in [0.1, 0.15) is 5.75 Å². The molecule has 0 aliphatic carbocycles. The van der Waals surface area contributed by atoms with Gasteiger partial charge in [-0.1, -0.05) is 35.5 Å². The van der Waals surface area contributed by atoms with Crippen LogP contribution in [0.3, 0.4) is 0 Å². The maximum absolute atomic E-state index is 12.8. The Bertz CT molecular complexity index is 915. The summed E-state index contributed by atoms with van der Waals surface area (Å²) in [6, 6.07) is 17.1. The van der Waals surface area contributed by atoms with Gasteiger partial charge in [-0.3, -0.25) is 4.79 Å². The number of methoxy groups -OCH3 is 1. The average molecular weight is 363 g/mol. The molecule has 4 rings (SSSR count). The number of hydrogen-bond acceptors (Lipinski definition) is 5. The molecule has 2 aromatic carbocycles. The first kappa shape index (κ1) is 17.3. The van der Waals surface area contributed by atoms with Crippen molar-refractivity contribution in [3.8, 4) is 17.2 Å². The molecule has 1 aliphatic heterocycles. The Kier molecular flexibility index (Phi) is 4.87. The fraction of sp³-hybridized carbons (Fsp3) is 0.286. The minimum Gasteiger partial charge on any atom is -0.496 e. The highest BCUT2D eigenvalue weighted by molar-refractivity contribution is 5.97. The van der Waals surface area contributed by atoms with E-state index >= 15 is 0 Å². The lowest BCUT2D eigenvalue weighted by atomic mass is 9.95. The number of benzene rings is 2. The van der Waals surface area contributed by atoms with Gasteiger partial charge in [-0.15, -0.1) is 0 Å². The predicted octanol–water partition coefficient (Wildman–Crippen LogP) is 3.77. The standard InChI is InChI=1S/C21H21N3O3/c1-26-18-10-6-5-9-17(18)21(25)24-13-11-15(12-14-24)19-22-20(27-23-19)16-7-3-2-4-8-16/h2-10,15H,11-14H2,1H3. The molecule has 0 unspecified atom stereocenters. The number of para-hydroxylation sites is 1. The van der Waals surface area contributed by atoms with Gasteiger partial charge in [-0.05, 0) is 37.1 Å². The Hall–Kier alpha value is -3.15. The van der Waals surface area contributed by atoms with Crippen LogP contribution in [0.4, 0.5) is 0 Å². The summed E-state index contributed by atoms with van der Waals surface area (Å²) in [5, 5.41) is 4.16. The molecule has 27 heavy (non-hydrogen) atoms. The Labute approximate surface area is 157 Å². The van der Waals surface area contributed by atoms with E-state index in [1.807, 2.05) is 53.4 Å². The summed E-state index contributed by atoms with van der Waals surface area (Å²) in [6.07, 6.45) is 1.63. The lowest BCUT2D eigenvalue weighted by molar-refractivity contribution is 0.0707. The largest absolute Gasteiger partial charge is 0.496 e. The van der Waals surface area contributed by atoms with Gasteiger partial charge >= 0.3 is 0 Å². The van der Waals surface area contributed by atoms with Crippen molar-refractivity contribution in [2.45, 2.75) is 18.8 Å². The van der Waals surface area contributed by atoms with E-state index < -0.39 is 0 Å². The van der Waals surface area contributed by atoms with Gasteiger partial charge < -0.3 is 14.2 Å². The highest BCUT2D eigenvalue weighted by Crippen LogP contribution is 2.29. The molecule has 3 aromatic rings. The Morgan fingerprint density at radius 2 is 1.78 bits per heavy atom. The molecule has 1 amide bonds. The number of ether oxygens (including phenoxy) is 1. The zero-order chi connectivity index (χ0) is 18.6. The topological polar surface area (TPSA) is 68.5 Å². The Morgan fingerprint density at radius 1 is 1.07 bits per heavy atom. The first-order chi connectivity index (χ1) is 13.3. The maximum Gasteiger partial charge on any atom is 0.257 e. The fourth-order valence-electron chi connectivity index (χ4n) is 3.43. The van der Waals surface area contributed by atoms with E-state index in [0.717, 1.165) is 24.2 Å². The van der Waals surface area contributed by atoms with Crippen LogP contribution in [-0.4, -0.2) is 41.1 Å². The number of amides is 1. The van der Waals surface area contributed by atoms with Crippen molar-refractivity contribution < 1.29 is 14.1 Å². The molecule has 0 bridgehead atoms. The zero-order valence-electron chi connectivity index (χ0n) is 15.2. The summed E-state index contributed by atoms with van der Waals surface area (Å²) >= 11 is 0. The van der Waals surface area contributed by atoms with E-state index in [4.69, 9.17) is 9.26 Å². The molecule has 0 radical (unpaired) electrons. The number of aromatic nitrogens is 2. The third kappa shape index (κ3) is 3.56. The van der Waals surface area contributed by atoms with E-state index in [1.165, 1.54) is 0 Å². The molecule has 0 atom stereocenters. The lowest BCUT2D eigenvalue weighted by Crippen LogP contribution is -2.38. The van der Waals surface area contributed by atoms with Crippen LogP contribution >= 0.6 is 0 Å².